The number of rotatable bonds is 6. The van der Waals surface area contributed by atoms with Crippen LogP contribution >= 0.6 is 0 Å². The van der Waals surface area contributed by atoms with Crippen LogP contribution < -0.4 is 0 Å². The van der Waals surface area contributed by atoms with Gasteiger partial charge in [0.05, 0.1) is 5.75 Å². The molecule has 1 heterocycles. The third kappa shape index (κ3) is 3.71. The number of sulfonamides is 1. The van der Waals surface area contributed by atoms with E-state index in [0.717, 1.165) is 12.8 Å². The summed E-state index contributed by atoms with van der Waals surface area (Å²) in [5.74, 6) is 0.821. The molecule has 0 spiro atoms. The van der Waals surface area contributed by atoms with E-state index < -0.39 is 10.0 Å². The van der Waals surface area contributed by atoms with Crippen molar-refractivity contribution in [3.05, 3.63) is 0 Å². The summed E-state index contributed by atoms with van der Waals surface area (Å²) in [6, 6.07) is 0. The van der Waals surface area contributed by atoms with E-state index in [1.807, 2.05) is 6.92 Å². The minimum atomic E-state index is -3.02. The average molecular weight is 249 g/mol. The molecule has 1 saturated heterocycles. The van der Waals surface area contributed by atoms with Crippen LogP contribution in [0.25, 0.3) is 0 Å². The zero-order valence-electron chi connectivity index (χ0n) is 10.2. The lowest BCUT2D eigenvalue weighted by molar-refractivity contribution is 0.230. The Balaban J connectivity index is 2.57. The van der Waals surface area contributed by atoms with Gasteiger partial charge in [-0.25, -0.2) is 12.7 Å². The van der Waals surface area contributed by atoms with Crippen molar-refractivity contribution >= 4 is 10.0 Å². The molecular weight excluding hydrogens is 226 g/mol. The van der Waals surface area contributed by atoms with E-state index in [1.165, 1.54) is 0 Å². The van der Waals surface area contributed by atoms with Crippen LogP contribution in [0, 0.1) is 11.8 Å². The molecule has 0 aliphatic carbocycles. The first-order valence-electron chi connectivity index (χ1n) is 6.08. The molecule has 0 aromatic rings. The first-order valence-corrected chi connectivity index (χ1v) is 7.69. The molecule has 1 aliphatic rings. The molecule has 16 heavy (non-hydrogen) atoms. The van der Waals surface area contributed by atoms with Crippen LogP contribution in [0.5, 0.6) is 0 Å². The molecule has 2 unspecified atom stereocenters. The van der Waals surface area contributed by atoms with E-state index in [9.17, 15) is 8.42 Å². The van der Waals surface area contributed by atoms with Crippen molar-refractivity contribution in [2.24, 2.45) is 11.8 Å². The molecule has 0 aromatic heterocycles. The number of aliphatic hydroxyl groups is 1. The molecule has 96 valence electrons. The SMILES string of the molecule is CCCC(CCO)CN1CC(C)CS1(=O)=O. The van der Waals surface area contributed by atoms with Gasteiger partial charge in [0, 0.05) is 19.7 Å². The Morgan fingerprint density at radius 2 is 2.12 bits per heavy atom. The second-order valence-corrected chi connectivity index (χ2v) is 6.88. The summed E-state index contributed by atoms with van der Waals surface area (Å²) in [4.78, 5) is 0. The summed E-state index contributed by atoms with van der Waals surface area (Å²) in [5, 5.41) is 8.95. The van der Waals surface area contributed by atoms with E-state index in [2.05, 4.69) is 6.92 Å². The summed E-state index contributed by atoms with van der Waals surface area (Å²) in [6.07, 6.45) is 2.73. The van der Waals surface area contributed by atoms with E-state index in [1.54, 1.807) is 4.31 Å². The van der Waals surface area contributed by atoms with E-state index in [-0.39, 0.29) is 18.3 Å². The quantitative estimate of drug-likeness (QED) is 0.766. The molecule has 4 nitrogen and oxygen atoms in total. The minimum absolute atomic E-state index is 0.147. The Bertz CT molecular complexity index is 296. The Hall–Kier alpha value is -0.130. The smallest absolute Gasteiger partial charge is 0.214 e. The van der Waals surface area contributed by atoms with Crippen LogP contribution in [-0.4, -0.2) is 43.3 Å². The zero-order chi connectivity index (χ0) is 12.2. The fourth-order valence-electron chi connectivity index (χ4n) is 2.37. The third-order valence-electron chi connectivity index (χ3n) is 3.10. The van der Waals surface area contributed by atoms with Crippen molar-refractivity contribution in [1.29, 1.82) is 0 Å². The van der Waals surface area contributed by atoms with Crippen LogP contribution in [0.3, 0.4) is 0 Å². The second kappa shape index (κ2) is 5.98. The Kier molecular flexibility index (Phi) is 5.21. The van der Waals surface area contributed by atoms with Gasteiger partial charge in [-0.1, -0.05) is 20.3 Å². The van der Waals surface area contributed by atoms with E-state index >= 15 is 0 Å². The number of hydrogen-bond donors (Lipinski definition) is 1. The lowest BCUT2D eigenvalue weighted by Crippen LogP contribution is -2.31. The van der Waals surface area contributed by atoms with Crippen molar-refractivity contribution in [3.63, 3.8) is 0 Å². The Labute approximate surface area is 98.7 Å². The summed E-state index contributed by atoms with van der Waals surface area (Å²) >= 11 is 0. The molecular formula is C11H23NO3S. The van der Waals surface area contributed by atoms with Crippen LogP contribution in [0.2, 0.25) is 0 Å². The topological polar surface area (TPSA) is 57.6 Å². The van der Waals surface area contributed by atoms with Gasteiger partial charge in [-0.05, 0) is 24.7 Å². The number of nitrogens with zero attached hydrogens (tertiary/aromatic N) is 1. The monoisotopic (exact) mass is 249 g/mol. The highest BCUT2D eigenvalue weighted by atomic mass is 32.2. The average Bonchev–Trinajstić information content (AvgIpc) is 2.40. The summed E-state index contributed by atoms with van der Waals surface area (Å²) in [6.45, 7) is 5.44. The first-order chi connectivity index (χ1) is 7.49. The van der Waals surface area contributed by atoms with Gasteiger partial charge < -0.3 is 5.11 Å². The van der Waals surface area contributed by atoms with Gasteiger partial charge in [0.15, 0.2) is 0 Å². The zero-order valence-corrected chi connectivity index (χ0v) is 11.0. The van der Waals surface area contributed by atoms with Crippen molar-refractivity contribution < 1.29 is 13.5 Å². The largest absolute Gasteiger partial charge is 0.396 e. The number of aliphatic hydroxyl groups excluding tert-OH is 1. The predicted octanol–water partition coefficient (Wildman–Crippen LogP) is 1.07. The maximum atomic E-state index is 11.8. The standard InChI is InChI=1S/C11H23NO3S/c1-3-4-11(5-6-13)8-12-7-10(2)9-16(12,14)15/h10-11,13H,3-9H2,1-2H3. The minimum Gasteiger partial charge on any atom is -0.396 e. The fourth-order valence-corrected chi connectivity index (χ4v) is 4.33. The highest BCUT2D eigenvalue weighted by Gasteiger charge is 2.34. The van der Waals surface area contributed by atoms with Gasteiger partial charge in [-0.3, -0.25) is 0 Å². The summed E-state index contributed by atoms with van der Waals surface area (Å²) in [7, 11) is -3.02. The normalized spacial score (nSPS) is 27.1. The molecule has 1 rings (SSSR count). The van der Waals surface area contributed by atoms with Crippen LogP contribution in [-0.2, 0) is 10.0 Å². The lowest BCUT2D eigenvalue weighted by Gasteiger charge is -2.21. The molecule has 0 bridgehead atoms. The molecule has 1 N–H and O–H groups in total. The van der Waals surface area contributed by atoms with Gasteiger partial charge in [-0.2, -0.15) is 0 Å². The maximum absolute atomic E-state index is 11.8. The maximum Gasteiger partial charge on any atom is 0.214 e. The van der Waals surface area contributed by atoms with Crippen molar-refractivity contribution in [2.75, 3.05) is 25.4 Å². The van der Waals surface area contributed by atoms with Gasteiger partial charge in [0.2, 0.25) is 10.0 Å². The number of hydrogen-bond acceptors (Lipinski definition) is 3. The Morgan fingerprint density at radius 1 is 1.44 bits per heavy atom. The highest BCUT2D eigenvalue weighted by Crippen LogP contribution is 2.22. The van der Waals surface area contributed by atoms with Crippen LogP contribution in [0.4, 0.5) is 0 Å². The second-order valence-electron chi connectivity index (χ2n) is 4.87. The molecule has 0 aromatic carbocycles. The summed E-state index contributed by atoms with van der Waals surface area (Å²) < 4.78 is 25.2. The van der Waals surface area contributed by atoms with E-state index in [0.29, 0.717) is 25.4 Å². The van der Waals surface area contributed by atoms with Crippen molar-refractivity contribution in [3.8, 4) is 0 Å². The van der Waals surface area contributed by atoms with Gasteiger partial charge in [-0.15, -0.1) is 0 Å². The molecule has 0 amide bonds. The molecule has 1 aliphatic heterocycles. The van der Waals surface area contributed by atoms with Gasteiger partial charge in [0.1, 0.15) is 0 Å². The van der Waals surface area contributed by atoms with E-state index in [4.69, 9.17) is 5.11 Å². The molecule has 5 heteroatoms. The van der Waals surface area contributed by atoms with Crippen molar-refractivity contribution in [2.45, 2.75) is 33.1 Å². The molecule has 2 atom stereocenters. The fraction of sp³-hybridized carbons (Fsp3) is 1.00. The molecule has 0 saturated carbocycles. The highest BCUT2D eigenvalue weighted by molar-refractivity contribution is 7.89. The molecule has 0 radical (unpaired) electrons. The summed E-state index contributed by atoms with van der Waals surface area (Å²) in [5.41, 5.74) is 0. The third-order valence-corrected chi connectivity index (χ3v) is 5.18. The van der Waals surface area contributed by atoms with Crippen molar-refractivity contribution in [1.82, 2.24) is 4.31 Å². The van der Waals surface area contributed by atoms with Crippen LogP contribution in [0.15, 0.2) is 0 Å². The van der Waals surface area contributed by atoms with Crippen LogP contribution in [0.1, 0.15) is 33.1 Å². The first kappa shape index (κ1) is 13.9. The Morgan fingerprint density at radius 3 is 2.56 bits per heavy atom. The predicted molar refractivity (Wildman–Crippen MR) is 64.6 cm³/mol. The van der Waals surface area contributed by atoms with Gasteiger partial charge in [0.25, 0.3) is 0 Å². The lowest BCUT2D eigenvalue weighted by atomic mass is 10.00. The molecule has 1 fully saturated rings. The van der Waals surface area contributed by atoms with Gasteiger partial charge >= 0.3 is 0 Å².